The van der Waals surface area contributed by atoms with Crippen LogP contribution in [0.25, 0.3) is 0 Å². The Labute approximate surface area is 123 Å². The Morgan fingerprint density at radius 1 is 1.40 bits per heavy atom. The minimum atomic E-state index is -0.300. The molecule has 1 amide bonds. The highest BCUT2D eigenvalue weighted by atomic mass is 32.1. The SMILES string of the molecule is Cc1nc(CN2CCC[C@@]3(C2)CN(C)C(=O)O3)sc1C. The van der Waals surface area contributed by atoms with Crippen molar-refractivity contribution in [2.45, 2.75) is 38.8 Å². The van der Waals surface area contributed by atoms with Crippen molar-refractivity contribution in [1.82, 2.24) is 14.8 Å². The minimum absolute atomic E-state index is 0.187. The fraction of sp³-hybridized carbons (Fsp3) is 0.714. The molecule has 0 N–H and O–H groups in total. The van der Waals surface area contributed by atoms with Gasteiger partial charge in [0, 0.05) is 18.5 Å². The molecule has 0 bridgehead atoms. The fourth-order valence-corrected chi connectivity index (χ4v) is 4.10. The van der Waals surface area contributed by atoms with Gasteiger partial charge < -0.3 is 9.64 Å². The number of likely N-dealkylation sites (N-methyl/N-ethyl adjacent to an activating group) is 1. The van der Waals surface area contributed by atoms with Crippen LogP contribution in [0.3, 0.4) is 0 Å². The summed E-state index contributed by atoms with van der Waals surface area (Å²) in [6.07, 6.45) is 1.85. The molecular weight excluding hydrogens is 274 g/mol. The Balaban J connectivity index is 1.68. The summed E-state index contributed by atoms with van der Waals surface area (Å²) < 4.78 is 5.63. The number of nitrogens with zero attached hydrogens (tertiary/aromatic N) is 3. The van der Waals surface area contributed by atoms with Crippen LogP contribution in [0.15, 0.2) is 0 Å². The van der Waals surface area contributed by atoms with Crippen molar-refractivity contribution in [3.05, 3.63) is 15.6 Å². The number of rotatable bonds is 2. The average molecular weight is 295 g/mol. The van der Waals surface area contributed by atoms with Crippen LogP contribution >= 0.6 is 11.3 Å². The summed E-state index contributed by atoms with van der Waals surface area (Å²) in [7, 11) is 1.81. The Morgan fingerprint density at radius 2 is 2.20 bits per heavy atom. The van der Waals surface area contributed by atoms with Crippen LogP contribution in [-0.2, 0) is 11.3 Å². The third kappa shape index (κ3) is 2.54. The van der Waals surface area contributed by atoms with E-state index in [1.807, 2.05) is 7.05 Å². The molecule has 1 spiro atoms. The van der Waals surface area contributed by atoms with E-state index in [0.717, 1.165) is 43.2 Å². The second-order valence-electron chi connectivity index (χ2n) is 5.97. The monoisotopic (exact) mass is 295 g/mol. The maximum atomic E-state index is 11.6. The van der Waals surface area contributed by atoms with Crippen LogP contribution in [0.5, 0.6) is 0 Å². The van der Waals surface area contributed by atoms with E-state index in [4.69, 9.17) is 4.74 Å². The summed E-state index contributed by atoms with van der Waals surface area (Å²) in [6.45, 7) is 7.62. The number of amides is 1. The second-order valence-corrected chi connectivity index (χ2v) is 7.26. The Bertz CT molecular complexity index is 511. The predicted molar refractivity (Wildman–Crippen MR) is 77.9 cm³/mol. The summed E-state index contributed by atoms with van der Waals surface area (Å²) in [5.41, 5.74) is 0.828. The second kappa shape index (κ2) is 5.00. The lowest BCUT2D eigenvalue weighted by Gasteiger charge is -2.37. The highest BCUT2D eigenvalue weighted by molar-refractivity contribution is 7.11. The van der Waals surface area contributed by atoms with E-state index in [1.165, 1.54) is 4.88 Å². The first-order valence-electron chi connectivity index (χ1n) is 7.07. The molecule has 2 aliphatic rings. The highest BCUT2D eigenvalue weighted by Gasteiger charge is 2.46. The lowest BCUT2D eigenvalue weighted by atomic mass is 9.93. The first-order valence-corrected chi connectivity index (χ1v) is 7.88. The van der Waals surface area contributed by atoms with Gasteiger partial charge in [0.2, 0.25) is 0 Å². The van der Waals surface area contributed by atoms with Crippen molar-refractivity contribution in [1.29, 1.82) is 0 Å². The average Bonchev–Trinajstić information content (AvgIpc) is 2.80. The predicted octanol–water partition coefficient (Wildman–Crippen LogP) is 2.18. The fourth-order valence-electron chi connectivity index (χ4n) is 3.13. The number of carbonyl (C=O) groups excluding carboxylic acids is 1. The Hall–Kier alpha value is -1.14. The van der Waals surface area contributed by atoms with Gasteiger partial charge in [0.1, 0.15) is 10.6 Å². The van der Waals surface area contributed by atoms with Crippen LogP contribution in [0, 0.1) is 13.8 Å². The number of aromatic nitrogens is 1. The number of carbonyl (C=O) groups is 1. The number of thiazole rings is 1. The third-order valence-electron chi connectivity index (χ3n) is 4.19. The minimum Gasteiger partial charge on any atom is -0.440 e. The standard InChI is InChI=1S/C14H21N3O2S/c1-10-11(2)20-12(15-10)7-17-6-4-5-14(9-17)8-16(3)13(18)19-14/h4-9H2,1-3H3/t14-/m0/s1. The van der Waals surface area contributed by atoms with E-state index in [0.29, 0.717) is 6.54 Å². The van der Waals surface area contributed by atoms with Crippen LogP contribution in [0.1, 0.15) is 28.4 Å². The third-order valence-corrected chi connectivity index (χ3v) is 5.25. The normalized spacial score (nSPS) is 27.4. The molecule has 0 saturated carbocycles. The molecule has 6 heteroatoms. The lowest BCUT2D eigenvalue weighted by molar-refractivity contribution is -0.0113. The molecule has 5 nitrogen and oxygen atoms in total. The number of ether oxygens (including phenoxy) is 1. The van der Waals surface area contributed by atoms with Crippen molar-refractivity contribution >= 4 is 17.4 Å². The van der Waals surface area contributed by atoms with Gasteiger partial charge in [0.15, 0.2) is 0 Å². The van der Waals surface area contributed by atoms with Crippen molar-refractivity contribution in [3.63, 3.8) is 0 Å². The Kier molecular flexibility index (Phi) is 3.46. The van der Waals surface area contributed by atoms with Gasteiger partial charge in [-0.15, -0.1) is 11.3 Å². The molecule has 2 saturated heterocycles. The van der Waals surface area contributed by atoms with Gasteiger partial charge in [-0.1, -0.05) is 0 Å². The number of likely N-dealkylation sites (tertiary alicyclic amines) is 1. The molecule has 3 heterocycles. The zero-order valence-corrected chi connectivity index (χ0v) is 13.1. The molecule has 0 unspecified atom stereocenters. The zero-order valence-electron chi connectivity index (χ0n) is 12.3. The topological polar surface area (TPSA) is 45.7 Å². The number of aryl methyl sites for hydroxylation is 2. The molecule has 2 fully saturated rings. The summed E-state index contributed by atoms with van der Waals surface area (Å²) >= 11 is 1.77. The van der Waals surface area contributed by atoms with Gasteiger partial charge in [-0.3, -0.25) is 4.90 Å². The molecule has 110 valence electrons. The molecule has 1 aromatic rings. The molecule has 0 aliphatic carbocycles. The van der Waals surface area contributed by atoms with Crippen LogP contribution < -0.4 is 0 Å². The van der Waals surface area contributed by atoms with E-state index in [-0.39, 0.29) is 11.7 Å². The van der Waals surface area contributed by atoms with Crippen molar-refractivity contribution < 1.29 is 9.53 Å². The first-order chi connectivity index (χ1) is 9.47. The van der Waals surface area contributed by atoms with Crippen molar-refractivity contribution in [2.75, 3.05) is 26.7 Å². The molecule has 0 radical (unpaired) electrons. The first kappa shape index (κ1) is 13.8. The molecular formula is C14H21N3O2S. The van der Waals surface area contributed by atoms with Crippen molar-refractivity contribution in [2.24, 2.45) is 0 Å². The van der Waals surface area contributed by atoms with E-state index in [2.05, 4.69) is 23.7 Å². The van der Waals surface area contributed by atoms with E-state index in [9.17, 15) is 4.79 Å². The molecule has 2 aliphatic heterocycles. The maximum Gasteiger partial charge on any atom is 0.410 e. The summed E-state index contributed by atoms with van der Waals surface area (Å²) in [4.78, 5) is 21.6. The van der Waals surface area contributed by atoms with Gasteiger partial charge in [-0.2, -0.15) is 0 Å². The molecule has 1 aromatic heterocycles. The maximum absolute atomic E-state index is 11.6. The number of piperidine rings is 1. The van der Waals surface area contributed by atoms with Gasteiger partial charge in [0.05, 0.1) is 18.8 Å². The van der Waals surface area contributed by atoms with E-state index >= 15 is 0 Å². The largest absolute Gasteiger partial charge is 0.440 e. The molecule has 1 atom stereocenters. The van der Waals surface area contributed by atoms with E-state index in [1.54, 1.807) is 16.2 Å². The Morgan fingerprint density at radius 3 is 2.80 bits per heavy atom. The van der Waals surface area contributed by atoms with Gasteiger partial charge in [-0.05, 0) is 33.2 Å². The van der Waals surface area contributed by atoms with Gasteiger partial charge >= 0.3 is 6.09 Å². The van der Waals surface area contributed by atoms with Crippen LogP contribution in [0.4, 0.5) is 4.79 Å². The summed E-state index contributed by atoms with van der Waals surface area (Å²) in [5.74, 6) is 0. The molecule has 3 rings (SSSR count). The van der Waals surface area contributed by atoms with Gasteiger partial charge in [-0.25, -0.2) is 9.78 Å². The van der Waals surface area contributed by atoms with E-state index < -0.39 is 0 Å². The number of hydrogen-bond donors (Lipinski definition) is 0. The number of hydrogen-bond acceptors (Lipinski definition) is 5. The molecule has 0 aromatic carbocycles. The lowest BCUT2D eigenvalue weighted by Crippen LogP contribution is -2.50. The smallest absolute Gasteiger partial charge is 0.410 e. The van der Waals surface area contributed by atoms with Gasteiger partial charge in [0.25, 0.3) is 0 Å². The quantitative estimate of drug-likeness (QED) is 0.839. The van der Waals surface area contributed by atoms with Crippen LogP contribution in [-0.4, -0.2) is 53.2 Å². The summed E-state index contributed by atoms with van der Waals surface area (Å²) in [6, 6.07) is 0. The molecule has 20 heavy (non-hydrogen) atoms. The van der Waals surface area contributed by atoms with Crippen molar-refractivity contribution in [3.8, 4) is 0 Å². The van der Waals surface area contributed by atoms with Crippen LogP contribution in [0.2, 0.25) is 0 Å². The summed E-state index contributed by atoms with van der Waals surface area (Å²) in [5, 5.41) is 1.16. The zero-order chi connectivity index (χ0) is 14.3. The highest BCUT2D eigenvalue weighted by Crippen LogP contribution is 2.32.